The number of aromatic nitrogens is 1. The average molecular weight is 268 g/mol. The molecule has 0 fully saturated rings. The van der Waals surface area contributed by atoms with Crippen LogP contribution in [0.15, 0.2) is 18.3 Å². The van der Waals surface area contributed by atoms with Gasteiger partial charge < -0.3 is 0 Å². The Labute approximate surface area is 117 Å². The normalized spacial score (nSPS) is 12.6. The van der Waals surface area contributed by atoms with Gasteiger partial charge in [0.25, 0.3) is 0 Å². The van der Waals surface area contributed by atoms with Crippen molar-refractivity contribution in [1.29, 1.82) is 0 Å². The van der Waals surface area contributed by atoms with Crippen molar-refractivity contribution in [3.63, 3.8) is 0 Å². The maximum atomic E-state index is 6.36. The van der Waals surface area contributed by atoms with Gasteiger partial charge in [-0.3, -0.25) is 4.98 Å². The molecule has 18 heavy (non-hydrogen) atoms. The molecule has 0 N–H and O–H groups in total. The van der Waals surface area contributed by atoms with Gasteiger partial charge in [-0.05, 0) is 25.0 Å². The zero-order chi connectivity index (χ0) is 13.2. The number of hydrogen-bond donors (Lipinski definition) is 0. The summed E-state index contributed by atoms with van der Waals surface area (Å²) in [6.45, 7) is 4.31. The maximum absolute atomic E-state index is 6.36. The van der Waals surface area contributed by atoms with Gasteiger partial charge in [0.05, 0.1) is 0 Å². The quantitative estimate of drug-likeness (QED) is 0.438. The van der Waals surface area contributed by atoms with Crippen molar-refractivity contribution in [3.8, 4) is 0 Å². The summed E-state index contributed by atoms with van der Waals surface area (Å²) in [4.78, 5) is 4.40. The first kappa shape index (κ1) is 15.5. The van der Waals surface area contributed by atoms with Gasteiger partial charge in [-0.25, -0.2) is 0 Å². The highest BCUT2D eigenvalue weighted by Crippen LogP contribution is 2.15. The van der Waals surface area contributed by atoms with E-state index in [1.165, 1.54) is 44.1 Å². The molecule has 0 aliphatic carbocycles. The topological polar surface area (TPSA) is 12.9 Å². The second-order valence-corrected chi connectivity index (χ2v) is 5.80. The summed E-state index contributed by atoms with van der Waals surface area (Å²) in [7, 11) is 0. The fraction of sp³-hybridized carbons (Fsp3) is 0.688. The van der Waals surface area contributed by atoms with E-state index in [9.17, 15) is 0 Å². The van der Waals surface area contributed by atoms with Gasteiger partial charge in [-0.1, -0.05) is 51.5 Å². The number of rotatable bonds is 9. The van der Waals surface area contributed by atoms with Crippen LogP contribution in [0.3, 0.4) is 0 Å². The number of alkyl halides is 1. The molecule has 0 aromatic carbocycles. The highest BCUT2D eigenvalue weighted by atomic mass is 35.5. The van der Waals surface area contributed by atoms with Crippen LogP contribution in [-0.4, -0.2) is 10.4 Å². The Morgan fingerprint density at radius 2 is 1.83 bits per heavy atom. The lowest BCUT2D eigenvalue weighted by Crippen LogP contribution is -2.05. The average Bonchev–Trinajstić information content (AvgIpc) is 2.36. The molecule has 1 nitrogen and oxygen atoms in total. The summed E-state index contributed by atoms with van der Waals surface area (Å²) in [5.41, 5.74) is 2.33. The molecule has 0 aliphatic heterocycles. The van der Waals surface area contributed by atoms with Crippen LogP contribution in [-0.2, 0) is 6.42 Å². The minimum absolute atomic E-state index is 0.242. The van der Waals surface area contributed by atoms with Gasteiger partial charge >= 0.3 is 0 Å². The summed E-state index contributed by atoms with van der Waals surface area (Å²) in [5.74, 6) is 0. The zero-order valence-electron chi connectivity index (χ0n) is 11.8. The van der Waals surface area contributed by atoms with Gasteiger partial charge in [0, 0.05) is 23.7 Å². The molecule has 1 rings (SSSR count). The third-order valence-electron chi connectivity index (χ3n) is 3.27. The fourth-order valence-corrected chi connectivity index (χ4v) is 2.41. The summed E-state index contributed by atoms with van der Waals surface area (Å²) in [6, 6.07) is 4.20. The van der Waals surface area contributed by atoms with Gasteiger partial charge in [0.2, 0.25) is 0 Å². The van der Waals surface area contributed by atoms with E-state index in [0.29, 0.717) is 0 Å². The van der Waals surface area contributed by atoms with E-state index in [0.717, 1.165) is 18.5 Å². The van der Waals surface area contributed by atoms with Crippen LogP contribution in [0, 0.1) is 6.92 Å². The van der Waals surface area contributed by atoms with Crippen molar-refractivity contribution in [3.05, 3.63) is 29.6 Å². The smallest absolute Gasteiger partial charge is 0.0418 e. The first-order valence-electron chi connectivity index (χ1n) is 7.28. The lowest BCUT2D eigenvalue weighted by atomic mass is 10.1. The zero-order valence-corrected chi connectivity index (χ0v) is 12.5. The molecular formula is C16H26ClN. The Balaban J connectivity index is 2.10. The van der Waals surface area contributed by atoms with Crippen molar-refractivity contribution in [2.24, 2.45) is 0 Å². The summed E-state index contributed by atoms with van der Waals surface area (Å²) in [6.07, 6.45) is 11.9. The molecule has 1 aromatic heterocycles. The van der Waals surface area contributed by atoms with Crippen molar-refractivity contribution < 1.29 is 0 Å². The lowest BCUT2D eigenvalue weighted by molar-refractivity contribution is 0.577. The van der Waals surface area contributed by atoms with Crippen LogP contribution in [0.1, 0.15) is 63.1 Å². The second-order valence-electron chi connectivity index (χ2n) is 5.18. The minimum Gasteiger partial charge on any atom is -0.261 e. The Morgan fingerprint density at radius 1 is 1.11 bits per heavy atom. The molecule has 1 aromatic rings. The predicted octanol–water partition coefficient (Wildman–Crippen LogP) is 5.29. The molecule has 0 saturated heterocycles. The molecule has 1 unspecified atom stereocenters. The number of hydrogen-bond acceptors (Lipinski definition) is 1. The third kappa shape index (κ3) is 7.00. The number of halogens is 1. The molecule has 102 valence electrons. The van der Waals surface area contributed by atoms with Crippen LogP contribution in [0.4, 0.5) is 0 Å². The number of unbranched alkanes of at least 4 members (excludes halogenated alkanes) is 5. The van der Waals surface area contributed by atoms with Crippen LogP contribution in [0.25, 0.3) is 0 Å². The van der Waals surface area contributed by atoms with Crippen LogP contribution in [0.5, 0.6) is 0 Å². The van der Waals surface area contributed by atoms with Crippen LogP contribution in [0.2, 0.25) is 0 Å². The predicted molar refractivity (Wildman–Crippen MR) is 80.3 cm³/mol. The monoisotopic (exact) mass is 267 g/mol. The van der Waals surface area contributed by atoms with Crippen molar-refractivity contribution in [1.82, 2.24) is 4.98 Å². The molecule has 0 aliphatic rings. The Bertz CT molecular complexity index is 307. The van der Waals surface area contributed by atoms with E-state index >= 15 is 0 Å². The number of nitrogens with zero attached hydrogens (tertiary/aromatic N) is 1. The Kier molecular flexibility index (Phi) is 8.08. The van der Waals surface area contributed by atoms with E-state index in [1.54, 1.807) is 0 Å². The van der Waals surface area contributed by atoms with E-state index in [1.807, 2.05) is 6.20 Å². The number of pyridine rings is 1. The van der Waals surface area contributed by atoms with E-state index in [-0.39, 0.29) is 5.38 Å². The highest BCUT2D eigenvalue weighted by Gasteiger charge is 2.06. The largest absolute Gasteiger partial charge is 0.261 e. The van der Waals surface area contributed by atoms with Crippen LogP contribution < -0.4 is 0 Å². The molecule has 0 bridgehead atoms. The first-order valence-corrected chi connectivity index (χ1v) is 7.71. The first-order chi connectivity index (χ1) is 8.72. The lowest BCUT2D eigenvalue weighted by Gasteiger charge is -2.09. The van der Waals surface area contributed by atoms with E-state index < -0.39 is 0 Å². The van der Waals surface area contributed by atoms with Crippen LogP contribution >= 0.6 is 11.6 Å². The minimum atomic E-state index is 0.242. The molecule has 2 heteroatoms. The highest BCUT2D eigenvalue weighted by molar-refractivity contribution is 6.20. The number of aryl methyl sites for hydroxylation is 1. The molecule has 0 spiro atoms. The van der Waals surface area contributed by atoms with E-state index in [4.69, 9.17) is 11.6 Å². The molecular weight excluding hydrogens is 242 g/mol. The van der Waals surface area contributed by atoms with Gasteiger partial charge in [0.1, 0.15) is 0 Å². The van der Waals surface area contributed by atoms with Crippen molar-refractivity contribution in [2.75, 3.05) is 0 Å². The van der Waals surface area contributed by atoms with Gasteiger partial charge in [-0.2, -0.15) is 0 Å². The molecule has 0 amide bonds. The second kappa shape index (κ2) is 9.38. The SMILES string of the molecule is CCCCCCCCC(Cl)Cc1ccc(C)cn1. The standard InChI is InChI=1S/C16H26ClN/c1-3-4-5-6-7-8-9-15(17)12-16-11-10-14(2)13-18-16/h10-11,13,15H,3-9,12H2,1-2H3. The molecule has 1 atom stereocenters. The molecule has 0 radical (unpaired) electrons. The van der Waals surface area contributed by atoms with Gasteiger partial charge in [0.15, 0.2) is 0 Å². The molecule has 1 heterocycles. The summed E-state index contributed by atoms with van der Waals surface area (Å²) >= 11 is 6.36. The van der Waals surface area contributed by atoms with E-state index in [2.05, 4.69) is 31.0 Å². The van der Waals surface area contributed by atoms with Crippen molar-refractivity contribution in [2.45, 2.75) is 70.6 Å². The summed E-state index contributed by atoms with van der Waals surface area (Å²) in [5, 5.41) is 0.242. The maximum Gasteiger partial charge on any atom is 0.0418 e. The fourth-order valence-electron chi connectivity index (χ4n) is 2.09. The third-order valence-corrected chi connectivity index (χ3v) is 3.65. The Morgan fingerprint density at radius 3 is 2.50 bits per heavy atom. The summed E-state index contributed by atoms with van der Waals surface area (Å²) < 4.78 is 0. The van der Waals surface area contributed by atoms with Crippen molar-refractivity contribution >= 4 is 11.6 Å². The Hall–Kier alpha value is -0.560. The molecule has 0 saturated carbocycles. The van der Waals surface area contributed by atoms with Gasteiger partial charge in [-0.15, -0.1) is 11.6 Å².